The summed E-state index contributed by atoms with van der Waals surface area (Å²) in [5.74, 6) is 1.12. The van der Waals surface area contributed by atoms with Gasteiger partial charge in [0.2, 0.25) is 5.91 Å². The lowest BCUT2D eigenvalue weighted by Crippen LogP contribution is -2.33. The first-order valence-electron chi connectivity index (χ1n) is 7.22. The molecule has 0 saturated carbocycles. The van der Waals surface area contributed by atoms with Crippen LogP contribution < -0.4 is 15.0 Å². The molecular formula is C17H18N4O2. The quantitative estimate of drug-likeness (QED) is 0.886. The second kappa shape index (κ2) is 7.80. The number of hydrogen-bond donors (Lipinski definition) is 1. The number of benzene rings is 1. The minimum atomic E-state index is -0.163. The van der Waals surface area contributed by atoms with Crippen molar-refractivity contribution in [2.45, 2.75) is 6.92 Å². The lowest BCUT2D eigenvalue weighted by atomic mass is 10.3. The highest BCUT2D eigenvalue weighted by molar-refractivity contribution is 5.94. The normalized spacial score (nSPS) is 9.78. The number of nitrogens with zero attached hydrogens (tertiary/aromatic N) is 3. The van der Waals surface area contributed by atoms with Crippen LogP contribution in [0.3, 0.4) is 0 Å². The SMILES string of the molecule is CCN(CC(=O)Nc1cccc(OC)c1)c1cccc(C#N)n1. The highest BCUT2D eigenvalue weighted by Crippen LogP contribution is 2.17. The molecule has 1 heterocycles. The van der Waals surface area contributed by atoms with Gasteiger partial charge in [0, 0.05) is 18.3 Å². The average Bonchev–Trinajstić information content (AvgIpc) is 2.59. The summed E-state index contributed by atoms with van der Waals surface area (Å²) in [4.78, 5) is 18.2. The fourth-order valence-electron chi connectivity index (χ4n) is 2.09. The van der Waals surface area contributed by atoms with Gasteiger partial charge in [-0.05, 0) is 31.2 Å². The van der Waals surface area contributed by atoms with Crippen molar-refractivity contribution in [3.8, 4) is 11.8 Å². The maximum atomic E-state index is 12.2. The third-order valence-corrected chi connectivity index (χ3v) is 3.24. The fraction of sp³-hybridized carbons (Fsp3) is 0.235. The molecule has 2 rings (SSSR count). The number of rotatable bonds is 6. The number of likely N-dealkylation sites (N-methyl/N-ethyl adjacent to an activating group) is 1. The van der Waals surface area contributed by atoms with E-state index in [1.54, 1.807) is 42.3 Å². The van der Waals surface area contributed by atoms with Gasteiger partial charge in [-0.2, -0.15) is 5.26 Å². The van der Waals surface area contributed by atoms with Gasteiger partial charge in [-0.25, -0.2) is 4.98 Å². The molecule has 1 N–H and O–H groups in total. The van der Waals surface area contributed by atoms with Gasteiger partial charge >= 0.3 is 0 Å². The van der Waals surface area contributed by atoms with Crippen LogP contribution in [-0.4, -0.2) is 31.1 Å². The Morgan fingerprint density at radius 1 is 1.35 bits per heavy atom. The van der Waals surface area contributed by atoms with Crippen molar-refractivity contribution >= 4 is 17.4 Å². The molecule has 2 aromatic rings. The lowest BCUT2D eigenvalue weighted by Gasteiger charge is -2.21. The van der Waals surface area contributed by atoms with E-state index in [1.165, 1.54) is 0 Å². The maximum Gasteiger partial charge on any atom is 0.243 e. The van der Waals surface area contributed by atoms with Crippen molar-refractivity contribution in [2.75, 3.05) is 30.4 Å². The molecule has 1 amide bonds. The molecule has 0 aliphatic carbocycles. The molecule has 6 nitrogen and oxygen atoms in total. The van der Waals surface area contributed by atoms with Crippen LogP contribution in [0.25, 0.3) is 0 Å². The number of nitrogens with one attached hydrogen (secondary N) is 1. The van der Waals surface area contributed by atoms with Crippen LogP contribution in [0.5, 0.6) is 5.75 Å². The number of amides is 1. The van der Waals surface area contributed by atoms with E-state index in [9.17, 15) is 4.79 Å². The fourth-order valence-corrected chi connectivity index (χ4v) is 2.09. The van der Waals surface area contributed by atoms with Crippen LogP contribution in [0.2, 0.25) is 0 Å². The second-order valence-electron chi connectivity index (χ2n) is 4.79. The topological polar surface area (TPSA) is 78.3 Å². The monoisotopic (exact) mass is 310 g/mol. The molecule has 118 valence electrons. The van der Waals surface area contributed by atoms with Crippen LogP contribution in [0.15, 0.2) is 42.5 Å². The molecule has 23 heavy (non-hydrogen) atoms. The number of carbonyl (C=O) groups is 1. The maximum absolute atomic E-state index is 12.2. The van der Waals surface area contributed by atoms with Crippen molar-refractivity contribution in [3.63, 3.8) is 0 Å². The first-order chi connectivity index (χ1) is 11.2. The van der Waals surface area contributed by atoms with Gasteiger partial charge in [-0.3, -0.25) is 4.79 Å². The largest absolute Gasteiger partial charge is 0.497 e. The lowest BCUT2D eigenvalue weighted by molar-refractivity contribution is -0.115. The zero-order chi connectivity index (χ0) is 16.7. The van der Waals surface area contributed by atoms with E-state index in [4.69, 9.17) is 10.00 Å². The second-order valence-corrected chi connectivity index (χ2v) is 4.79. The third-order valence-electron chi connectivity index (χ3n) is 3.24. The van der Waals surface area contributed by atoms with E-state index in [2.05, 4.69) is 10.3 Å². The minimum Gasteiger partial charge on any atom is -0.497 e. The van der Waals surface area contributed by atoms with E-state index in [-0.39, 0.29) is 12.5 Å². The zero-order valence-corrected chi connectivity index (χ0v) is 13.1. The number of hydrogen-bond acceptors (Lipinski definition) is 5. The first-order valence-corrected chi connectivity index (χ1v) is 7.22. The Kier molecular flexibility index (Phi) is 5.53. The van der Waals surface area contributed by atoms with Crippen molar-refractivity contribution in [1.29, 1.82) is 5.26 Å². The molecular weight excluding hydrogens is 292 g/mol. The molecule has 0 saturated heterocycles. The number of anilines is 2. The van der Waals surface area contributed by atoms with Crippen LogP contribution in [0, 0.1) is 11.3 Å². The number of aromatic nitrogens is 1. The van der Waals surface area contributed by atoms with E-state index >= 15 is 0 Å². The summed E-state index contributed by atoms with van der Waals surface area (Å²) < 4.78 is 5.13. The Balaban J connectivity index is 2.06. The van der Waals surface area contributed by atoms with E-state index in [1.807, 2.05) is 25.1 Å². The standard InChI is InChI=1S/C17H18N4O2/c1-3-21(16-9-5-7-14(11-18)19-16)12-17(22)20-13-6-4-8-15(10-13)23-2/h4-10H,3,12H2,1-2H3,(H,20,22). The number of ether oxygens (including phenoxy) is 1. The summed E-state index contributed by atoms with van der Waals surface area (Å²) in [6, 6.07) is 14.3. The van der Waals surface area contributed by atoms with E-state index < -0.39 is 0 Å². The smallest absolute Gasteiger partial charge is 0.243 e. The molecule has 0 fully saturated rings. The van der Waals surface area contributed by atoms with E-state index in [0.717, 1.165) is 0 Å². The Bertz CT molecular complexity index is 725. The van der Waals surface area contributed by atoms with Crippen LogP contribution in [-0.2, 0) is 4.79 Å². The Morgan fingerprint density at radius 3 is 2.83 bits per heavy atom. The first kappa shape index (κ1) is 16.3. The molecule has 0 atom stereocenters. The predicted molar refractivity (Wildman–Crippen MR) is 88.5 cm³/mol. The summed E-state index contributed by atoms with van der Waals surface area (Å²) in [5, 5.41) is 11.7. The highest BCUT2D eigenvalue weighted by Gasteiger charge is 2.12. The third kappa shape index (κ3) is 4.45. The zero-order valence-electron chi connectivity index (χ0n) is 13.1. The highest BCUT2D eigenvalue weighted by atomic mass is 16.5. The summed E-state index contributed by atoms with van der Waals surface area (Å²) in [6.45, 7) is 2.68. The van der Waals surface area contributed by atoms with Gasteiger partial charge in [-0.1, -0.05) is 12.1 Å². The Morgan fingerprint density at radius 2 is 2.13 bits per heavy atom. The van der Waals surface area contributed by atoms with Gasteiger partial charge in [0.05, 0.1) is 13.7 Å². The molecule has 0 bridgehead atoms. The minimum absolute atomic E-state index is 0.148. The molecule has 0 radical (unpaired) electrons. The summed E-state index contributed by atoms with van der Waals surface area (Å²) in [6.07, 6.45) is 0. The van der Waals surface area contributed by atoms with Gasteiger partial charge in [0.1, 0.15) is 23.3 Å². The summed E-state index contributed by atoms with van der Waals surface area (Å²) >= 11 is 0. The number of methoxy groups -OCH3 is 1. The van der Waals surface area contributed by atoms with E-state index in [0.29, 0.717) is 29.5 Å². The van der Waals surface area contributed by atoms with Gasteiger partial charge in [0.25, 0.3) is 0 Å². The molecule has 0 aliphatic rings. The van der Waals surface area contributed by atoms with Crippen LogP contribution in [0.1, 0.15) is 12.6 Å². The number of pyridine rings is 1. The Labute approximate surface area is 135 Å². The van der Waals surface area contributed by atoms with Gasteiger partial charge < -0.3 is 15.0 Å². The van der Waals surface area contributed by atoms with Gasteiger partial charge in [0.15, 0.2) is 0 Å². The molecule has 6 heteroatoms. The van der Waals surface area contributed by atoms with Crippen LogP contribution in [0.4, 0.5) is 11.5 Å². The predicted octanol–water partition coefficient (Wildman–Crippen LogP) is 2.43. The molecule has 0 spiro atoms. The Hall–Kier alpha value is -3.07. The molecule has 0 aliphatic heterocycles. The summed E-state index contributed by atoms with van der Waals surface area (Å²) in [7, 11) is 1.58. The molecule has 0 unspecified atom stereocenters. The van der Waals surface area contributed by atoms with Crippen molar-refractivity contribution < 1.29 is 9.53 Å². The summed E-state index contributed by atoms with van der Waals surface area (Å²) in [5.41, 5.74) is 0.998. The van der Waals surface area contributed by atoms with Gasteiger partial charge in [-0.15, -0.1) is 0 Å². The molecule has 1 aromatic carbocycles. The average molecular weight is 310 g/mol. The van der Waals surface area contributed by atoms with Crippen molar-refractivity contribution in [1.82, 2.24) is 4.98 Å². The van der Waals surface area contributed by atoms with Crippen molar-refractivity contribution in [2.24, 2.45) is 0 Å². The number of carbonyl (C=O) groups excluding carboxylic acids is 1. The number of nitriles is 1. The van der Waals surface area contributed by atoms with Crippen molar-refractivity contribution in [3.05, 3.63) is 48.2 Å². The van der Waals surface area contributed by atoms with Crippen LogP contribution >= 0.6 is 0 Å². The molecule has 1 aromatic heterocycles.